The van der Waals surface area contributed by atoms with Crippen LogP contribution in [0.25, 0.3) is 0 Å². The number of aromatic nitrogens is 2. The van der Waals surface area contributed by atoms with E-state index in [0.29, 0.717) is 5.01 Å². The number of carboxylic acid groups (broad SMARTS) is 1. The van der Waals surface area contributed by atoms with E-state index in [9.17, 15) is 13.2 Å². The Kier molecular flexibility index (Phi) is 4.24. The number of thiazole rings is 1. The fourth-order valence-corrected chi connectivity index (χ4v) is 3.24. The van der Waals surface area contributed by atoms with Crippen LogP contribution in [0.2, 0.25) is 0 Å². The zero-order chi connectivity index (χ0) is 15.6. The molecule has 0 fully saturated rings. The molecule has 2 N–H and O–H groups in total. The smallest absolute Gasteiger partial charge is 0.355 e. The van der Waals surface area contributed by atoms with Crippen LogP contribution in [0.4, 0.5) is 5.82 Å². The number of sulfone groups is 1. The fourth-order valence-electron chi connectivity index (χ4n) is 1.65. The van der Waals surface area contributed by atoms with Crippen molar-refractivity contribution in [1.29, 1.82) is 0 Å². The summed E-state index contributed by atoms with van der Waals surface area (Å²) in [7, 11) is -3.41. The number of rotatable bonds is 5. The van der Waals surface area contributed by atoms with Gasteiger partial charge in [0, 0.05) is 17.8 Å². The van der Waals surface area contributed by atoms with Crippen LogP contribution in [0.3, 0.4) is 0 Å². The maximum Gasteiger partial charge on any atom is 0.355 e. The number of anilines is 1. The van der Waals surface area contributed by atoms with E-state index in [-0.39, 0.29) is 22.4 Å². The molecule has 0 bridgehead atoms. The molecule has 1 unspecified atom stereocenters. The average molecular weight is 327 g/mol. The number of aromatic carboxylic acids is 1. The van der Waals surface area contributed by atoms with Crippen molar-refractivity contribution in [2.75, 3.05) is 11.6 Å². The molecule has 2 heterocycles. The number of carbonyl (C=O) groups is 1. The number of carboxylic acids is 1. The van der Waals surface area contributed by atoms with Crippen molar-refractivity contribution < 1.29 is 18.3 Å². The summed E-state index contributed by atoms with van der Waals surface area (Å²) in [6, 6.07) is 2.64. The maximum atomic E-state index is 11.7. The highest BCUT2D eigenvalue weighted by atomic mass is 32.2. The lowest BCUT2D eigenvalue weighted by Crippen LogP contribution is -2.12. The summed E-state index contributed by atoms with van der Waals surface area (Å²) in [5, 5.41) is 13.8. The lowest BCUT2D eigenvalue weighted by Gasteiger charge is -2.14. The topological polar surface area (TPSA) is 109 Å². The predicted molar refractivity (Wildman–Crippen MR) is 78.5 cm³/mol. The van der Waals surface area contributed by atoms with Crippen molar-refractivity contribution in [2.45, 2.75) is 17.9 Å². The molecule has 0 aliphatic carbocycles. The molecule has 0 aromatic carbocycles. The first-order valence-electron chi connectivity index (χ1n) is 5.89. The summed E-state index contributed by atoms with van der Waals surface area (Å²) in [6.07, 6.45) is 2.58. The van der Waals surface area contributed by atoms with E-state index in [2.05, 4.69) is 15.3 Å². The van der Waals surface area contributed by atoms with Gasteiger partial charge in [0.15, 0.2) is 15.5 Å². The van der Waals surface area contributed by atoms with Crippen LogP contribution in [0.5, 0.6) is 0 Å². The second-order valence-corrected chi connectivity index (χ2v) is 7.24. The zero-order valence-electron chi connectivity index (χ0n) is 11.3. The van der Waals surface area contributed by atoms with Gasteiger partial charge in [-0.1, -0.05) is 0 Å². The van der Waals surface area contributed by atoms with Crippen LogP contribution in [0.1, 0.15) is 28.5 Å². The van der Waals surface area contributed by atoms with Gasteiger partial charge in [0.05, 0.1) is 6.04 Å². The molecule has 112 valence electrons. The summed E-state index contributed by atoms with van der Waals surface area (Å²) in [6.45, 7) is 1.76. The van der Waals surface area contributed by atoms with Crippen molar-refractivity contribution in [2.24, 2.45) is 0 Å². The molecule has 2 aromatic rings. The van der Waals surface area contributed by atoms with Crippen LogP contribution < -0.4 is 5.32 Å². The highest BCUT2D eigenvalue weighted by Crippen LogP contribution is 2.25. The van der Waals surface area contributed by atoms with E-state index in [1.807, 2.05) is 0 Å². The molecule has 0 aliphatic rings. The summed E-state index contributed by atoms with van der Waals surface area (Å²) in [5.41, 5.74) is -0.0343. The molecule has 9 heteroatoms. The number of nitrogens with one attached hydrogen (secondary N) is 1. The first-order valence-corrected chi connectivity index (χ1v) is 8.66. The van der Waals surface area contributed by atoms with Gasteiger partial charge >= 0.3 is 5.97 Å². The molecule has 7 nitrogen and oxygen atoms in total. The minimum atomic E-state index is -3.41. The highest BCUT2D eigenvalue weighted by Gasteiger charge is 2.18. The van der Waals surface area contributed by atoms with Crippen LogP contribution in [0, 0.1) is 0 Å². The highest BCUT2D eigenvalue weighted by molar-refractivity contribution is 7.90. The molecule has 2 aromatic heterocycles. The Morgan fingerprint density at radius 2 is 2.19 bits per heavy atom. The van der Waals surface area contributed by atoms with Gasteiger partial charge in [-0.2, -0.15) is 0 Å². The molecule has 1 atom stereocenters. The van der Waals surface area contributed by atoms with E-state index >= 15 is 0 Å². The molecule has 0 saturated heterocycles. The number of hydrogen-bond donors (Lipinski definition) is 2. The van der Waals surface area contributed by atoms with Gasteiger partial charge in [-0.3, -0.25) is 0 Å². The number of pyridine rings is 1. The zero-order valence-corrected chi connectivity index (χ0v) is 12.9. The summed E-state index contributed by atoms with van der Waals surface area (Å²) in [5.74, 6) is -0.876. The quantitative estimate of drug-likeness (QED) is 0.862. The third-order valence-electron chi connectivity index (χ3n) is 2.63. The van der Waals surface area contributed by atoms with Crippen LogP contribution in [0.15, 0.2) is 28.6 Å². The first kappa shape index (κ1) is 15.4. The Hall–Kier alpha value is -2.00. The average Bonchev–Trinajstić information content (AvgIpc) is 2.88. The van der Waals surface area contributed by atoms with E-state index in [0.717, 1.165) is 6.26 Å². The van der Waals surface area contributed by atoms with E-state index in [4.69, 9.17) is 5.11 Å². The SMILES string of the molecule is CC(Nc1ncccc1S(C)(=O)=O)c1nc(C(=O)O)cs1. The van der Waals surface area contributed by atoms with Crippen molar-refractivity contribution in [3.05, 3.63) is 34.4 Å². The lowest BCUT2D eigenvalue weighted by molar-refractivity contribution is 0.0691. The van der Waals surface area contributed by atoms with Gasteiger partial charge in [0.2, 0.25) is 0 Å². The minimum Gasteiger partial charge on any atom is -0.476 e. The molecular formula is C12H13N3O4S2. The maximum absolute atomic E-state index is 11.7. The molecule has 0 saturated carbocycles. The van der Waals surface area contributed by atoms with Gasteiger partial charge in [-0.05, 0) is 19.1 Å². The van der Waals surface area contributed by atoms with E-state index in [1.54, 1.807) is 6.92 Å². The Morgan fingerprint density at radius 3 is 2.76 bits per heavy atom. The normalized spacial score (nSPS) is 12.9. The van der Waals surface area contributed by atoms with Crippen molar-refractivity contribution in [3.8, 4) is 0 Å². The largest absolute Gasteiger partial charge is 0.476 e. The third-order valence-corrected chi connectivity index (χ3v) is 4.79. The van der Waals surface area contributed by atoms with Gasteiger partial charge in [-0.25, -0.2) is 23.2 Å². The van der Waals surface area contributed by atoms with E-state index in [1.165, 1.54) is 35.0 Å². The summed E-state index contributed by atoms with van der Waals surface area (Å²) in [4.78, 5) is 18.9. The molecule has 0 radical (unpaired) electrons. The predicted octanol–water partition coefficient (Wildman–Crippen LogP) is 1.81. The lowest BCUT2D eigenvalue weighted by atomic mass is 10.3. The minimum absolute atomic E-state index is 0.0343. The fraction of sp³-hybridized carbons (Fsp3) is 0.250. The first-order chi connectivity index (χ1) is 9.79. The van der Waals surface area contributed by atoms with Crippen molar-refractivity contribution in [1.82, 2.24) is 9.97 Å². The van der Waals surface area contributed by atoms with E-state index < -0.39 is 15.8 Å². The molecule has 0 aliphatic heterocycles. The standard InChI is InChI=1S/C12H13N3O4S2/c1-7(11-15-8(6-20-11)12(16)17)14-10-9(21(2,18)19)4-3-5-13-10/h3-7H,1-2H3,(H,13,14)(H,16,17). The molecule has 0 amide bonds. The molecular weight excluding hydrogens is 314 g/mol. The Balaban J connectivity index is 2.27. The van der Waals surface area contributed by atoms with Crippen molar-refractivity contribution in [3.63, 3.8) is 0 Å². The molecule has 0 spiro atoms. The van der Waals surface area contributed by atoms with Gasteiger partial charge in [-0.15, -0.1) is 11.3 Å². The summed E-state index contributed by atoms with van der Waals surface area (Å²) >= 11 is 1.19. The molecule has 2 rings (SSSR count). The molecule has 21 heavy (non-hydrogen) atoms. The third kappa shape index (κ3) is 3.56. The Bertz CT molecular complexity index is 770. The Morgan fingerprint density at radius 1 is 1.48 bits per heavy atom. The van der Waals surface area contributed by atoms with Crippen molar-refractivity contribution >= 4 is 33.0 Å². The number of hydrogen-bond acceptors (Lipinski definition) is 7. The van der Waals surface area contributed by atoms with Gasteiger partial charge in [0.1, 0.15) is 15.7 Å². The number of nitrogens with zero attached hydrogens (tertiary/aromatic N) is 2. The summed E-state index contributed by atoms with van der Waals surface area (Å²) < 4.78 is 23.4. The van der Waals surface area contributed by atoms with Gasteiger partial charge in [0.25, 0.3) is 0 Å². The second kappa shape index (κ2) is 5.78. The van der Waals surface area contributed by atoms with Crippen LogP contribution in [-0.4, -0.2) is 35.7 Å². The second-order valence-electron chi connectivity index (χ2n) is 4.36. The van der Waals surface area contributed by atoms with Gasteiger partial charge < -0.3 is 10.4 Å². The monoisotopic (exact) mass is 327 g/mol. The Labute approximate surface area is 125 Å². The van der Waals surface area contributed by atoms with Crippen LogP contribution >= 0.6 is 11.3 Å². The van der Waals surface area contributed by atoms with Crippen LogP contribution in [-0.2, 0) is 9.84 Å².